The highest BCUT2D eigenvalue weighted by atomic mass is 16.2. The Morgan fingerprint density at radius 1 is 0.967 bits per heavy atom. The molecule has 0 aliphatic carbocycles. The van der Waals surface area contributed by atoms with E-state index in [1.165, 1.54) is 12.8 Å². The molecule has 1 fully saturated rings. The molecule has 3 amide bonds. The predicted octanol–water partition coefficient (Wildman–Crippen LogP) is 3.43. The van der Waals surface area contributed by atoms with Crippen molar-refractivity contribution in [2.45, 2.75) is 31.8 Å². The van der Waals surface area contributed by atoms with Gasteiger partial charge in [-0.3, -0.25) is 4.79 Å². The standard InChI is InChI=1S/C23H27N5O2/c1-27-19-14-8-7-13-18(19)21(28-15-9-2-3-10-16-28)25-20(22(27)29)26-23(30)24-17-11-5-4-6-12-17/h4-8,11-14,20H,2-3,9-10,15-16H2,1H3,(H2,24,26,30)/t20-/m0/s1. The Bertz CT molecular complexity index is 936. The quantitative estimate of drug-likeness (QED) is 0.804. The van der Waals surface area contributed by atoms with Crippen LogP contribution in [0.25, 0.3) is 0 Å². The first-order valence-corrected chi connectivity index (χ1v) is 10.5. The van der Waals surface area contributed by atoms with E-state index >= 15 is 0 Å². The molecule has 2 heterocycles. The summed E-state index contributed by atoms with van der Waals surface area (Å²) in [7, 11) is 1.73. The summed E-state index contributed by atoms with van der Waals surface area (Å²) in [5, 5.41) is 5.52. The zero-order valence-corrected chi connectivity index (χ0v) is 17.2. The van der Waals surface area contributed by atoms with Gasteiger partial charge in [0.25, 0.3) is 5.91 Å². The van der Waals surface area contributed by atoms with Crippen LogP contribution in [0, 0.1) is 0 Å². The van der Waals surface area contributed by atoms with Crippen molar-refractivity contribution >= 4 is 29.1 Å². The molecule has 7 heteroatoms. The van der Waals surface area contributed by atoms with Gasteiger partial charge in [0, 0.05) is 31.4 Å². The highest BCUT2D eigenvalue weighted by Gasteiger charge is 2.32. The molecule has 1 atom stereocenters. The molecule has 0 aromatic heterocycles. The first-order valence-electron chi connectivity index (χ1n) is 10.5. The molecule has 0 bridgehead atoms. The van der Waals surface area contributed by atoms with E-state index in [0.717, 1.165) is 43.0 Å². The van der Waals surface area contributed by atoms with Crippen LogP contribution in [-0.2, 0) is 4.79 Å². The second-order valence-corrected chi connectivity index (χ2v) is 7.64. The Balaban J connectivity index is 1.65. The van der Waals surface area contributed by atoms with E-state index < -0.39 is 12.2 Å². The number of para-hydroxylation sites is 2. The monoisotopic (exact) mass is 405 g/mol. The van der Waals surface area contributed by atoms with E-state index in [2.05, 4.69) is 15.5 Å². The average Bonchev–Trinajstić information content (AvgIpc) is 3.09. The fourth-order valence-electron chi connectivity index (χ4n) is 3.95. The largest absolute Gasteiger partial charge is 0.356 e. The molecule has 0 unspecified atom stereocenters. The third kappa shape index (κ3) is 4.30. The predicted molar refractivity (Wildman–Crippen MR) is 119 cm³/mol. The molecule has 1 saturated heterocycles. The maximum Gasteiger partial charge on any atom is 0.321 e. The summed E-state index contributed by atoms with van der Waals surface area (Å²) in [4.78, 5) is 34.3. The molecule has 4 rings (SSSR count). The number of likely N-dealkylation sites (N-methyl/N-ethyl adjacent to an activating group) is 1. The number of fused-ring (bicyclic) bond motifs is 1. The summed E-state index contributed by atoms with van der Waals surface area (Å²) in [6.07, 6.45) is 3.59. The van der Waals surface area contributed by atoms with Gasteiger partial charge >= 0.3 is 6.03 Å². The Labute approximate surface area is 176 Å². The molecule has 2 aliphatic heterocycles. The van der Waals surface area contributed by atoms with Crippen molar-refractivity contribution in [3.05, 3.63) is 60.2 Å². The van der Waals surface area contributed by atoms with Crippen LogP contribution in [0.1, 0.15) is 31.2 Å². The van der Waals surface area contributed by atoms with Gasteiger partial charge in [0.1, 0.15) is 5.84 Å². The summed E-state index contributed by atoms with van der Waals surface area (Å²) < 4.78 is 0. The third-order valence-corrected chi connectivity index (χ3v) is 5.53. The fourth-order valence-corrected chi connectivity index (χ4v) is 3.95. The lowest BCUT2D eigenvalue weighted by Gasteiger charge is -2.25. The zero-order valence-electron chi connectivity index (χ0n) is 17.2. The number of carbonyl (C=O) groups excluding carboxylic acids is 2. The minimum absolute atomic E-state index is 0.268. The van der Waals surface area contributed by atoms with Gasteiger partial charge in [-0.15, -0.1) is 0 Å². The second kappa shape index (κ2) is 8.98. The Hall–Kier alpha value is -3.35. The van der Waals surface area contributed by atoms with E-state index in [9.17, 15) is 9.59 Å². The normalized spacial score (nSPS) is 19.3. The van der Waals surface area contributed by atoms with E-state index in [-0.39, 0.29) is 5.91 Å². The summed E-state index contributed by atoms with van der Waals surface area (Å²) in [5.74, 6) is 0.505. The highest BCUT2D eigenvalue weighted by molar-refractivity contribution is 6.12. The minimum Gasteiger partial charge on any atom is -0.356 e. The Morgan fingerprint density at radius 2 is 1.63 bits per heavy atom. The van der Waals surface area contributed by atoms with Crippen molar-refractivity contribution in [1.82, 2.24) is 10.2 Å². The van der Waals surface area contributed by atoms with Gasteiger partial charge in [-0.2, -0.15) is 0 Å². The van der Waals surface area contributed by atoms with Gasteiger partial charge in [-0.05, 0) is 37.1 Å². The van der Waals surface area contributed by atoms with Gasteiger partial charge in [0.05, 0.1) is 5.69 Å². The number of likely N-dealkylation sites (tertiary alicyclic amines) is 1. The molecule has 30 heavy (non-hydrogen) atoms. The molecule has 2 aromatic carbocycles. The second-order valence-electron chi connectivity index (χ2n) is 7.64. The lowest BCUT2D eigenvalue weighted by atomic mass is 10.1. The summed E-state index contributed by atoms with van der Waals surface area (Å²) in [6.45, 7) is 1.79. The Morgan fingerprint density at radius 3 is 2.37 bits per heavy atom. The van der Waals surface area contributed by atoms with Gasteiger partial charge in [-0.25, -0.2) is 9.79 Å². The first-order chi connectivity index (χ1) is 14.6. The van der Waals surface area contributed by atoms with Crippen LogP contribution < -0.4 is 15.5 Å². The van der Waals surface area contributed by atoms with Gasteiger partial charge < -0.3 is 20.4 Å². The number of anilines is 2. The molecule has 2 N–H and O–H groups in total. The maximum absolute atomic E-state index is 13.2. The van der Waals surface area contributed by atoms with E-state index in [4.69, 9.17) is 4.99 Å². The van der Waals surface area contributed by atoms with Crippen molar-refractivity contribution in [2.75, 3.05) is 30.4 Å². The van der Waals surface area contributed by atoms with Gasteiger partial charge in [-0.1, -0.05) is 43.2 Å². The number of urea groups is 1. The first kappa shape index (κ1) is 19.9. The number of amidine groups is 1. The molecular weight excluding hydrogens is 378 g/mol. The molecule has 2 aliphatic rings. The smallest absolute Gasteiger partial charge is 0.321 e. The topological polar surface area (TPSA) is 77.0 Å². The number of nitrogens with one attached hydrogen (secondary N) is 2. The fraction of sp³-hybridized carbons (Fsp3) is 0.348. The maximum atomic E-state index is 13.2. The van der Waals surface area contributed by atoms with Crippen LogP contribution in [0.3, 0.4) is 0 Å². The molecular formula is C23H27N5O2. The number of benzene rings is 2. The highest BCUT2D eigenvalue weighted by Crippen LogP contribution is 2.27. The summed E-state index contributed by atoms with van der Waals surface area (Å²) >= 11 is 0. The molecule has 0 spiro atoms. The number of amides is 3. The van der Waals surface area contributed by atoms with Crippen molar-refractivity contribution in [2.24, 2.45) is 4.99 Å². The van der Waals surface area contributed by atoms with Crippen molar-refractivity contribution in [1.29, 1.82) is 0 Å². The number of nitrogens with zero attached hydrogens (tertiary/aromatic N) is 3. The van der Waals surface area contributed by atoms with Gasteiger partial charge in [0.2, 0.25) is 6.17 Å². The number of carbonyl (C=O) groups is 2. The molecule has 2 aromatic rings. The summed E-state index contributed by atoms with van der Waals surface area (Å²) in [5.41, 5.74) is 2.38. The van der Waals surface area contributed by atoms with Gasteiger partial charge in [0.15, 0.2) is 0 Å². The average molecular weight is 406 g/mol. The van der Waals surface area contributed by atoms with Crippen LogP contribution in [0.15, 0.2) is 59.6 Å². The van der Waals surface area contributed by atoms with Crippen LogP contribution in [0.2, 0.25) is 0 Å². The third-order valence-electron chi connectivity index (χ3n) is 5.53. The summed E-state index contributed by atoms with van der Waals surface area (Å²) in [6, 6.07) is 16.5. The van der Waals surface area contributed by atoms with Crippen molar-refractivity contribution < 1.29 is 9.59 Å². The Kier molecular flexibility index (Phi) is 5.97. The SMILES string of the molecule is CN1C(=O)[C@H](NC(=O)Nc2ccccc2)N=C(N2CCCCCC2)c2ccccc21. The molecule has 0 radical (unpaired) electrons. The van der Waals surface area contributed by atoms with E-state index in [1.807, 2.05) is 42.5 Å². The number of hydrogen-bond acceptors (Lipinski definition) is 4. The van der Waals surface area contributed by atoms with Crippen LogP contribution in [0.4, 0.5) is 16.2 Å². The van der Waals surface area contributed by atoms with E-state index in [0.29, 0.717) is 5.69 Å². The number of aliphatic imine (C=N–C) groups is 1. The molecule has 156 valence electrons. The molecule has 0 saturated carbocycles. The van der Waals surface area contributed by atoms with Crippen molar-refractivity contribution in [3.63, 3.8) is 0 Å². The molecule has 7 nitrogen and oxygen atoms in total. The van der Waals surface area contributed by atoms with Crippen molar-refractivity contribution in [3.8, 4) is 0 Å². The van der Waals surface area contributed by atoms with E-state index in [1.54, 1.807) is 24.1 Å². The van der Waals surface area contributed by atoms with Crippen LogP contribution >= 0.6 is 0 Å². The zero-order chi connectivity index (χ0) is 20.9. The minimum atomic E-state index is -0.996. The van der Waals surface area contributed by atoms with Crippen LogP contribution in [0.5, 0.6) is 0 Å². The lowest BCUT2D eigenvalue weighted by molar-refractivity contribution is -0.119. The van der Waals surface area contributed by atoms with Crippen LogP contribution in [-0.4, -0.2) is 49.0 Å². The lowest BCUT2D eigenvalue weighted by Crippen LogP contribution is -2.47. The number of benzodiazepines with no additional fused rings is 1. The number of hydrogen-bond donors (Lipinski definition) is 2. The number of rotatable bonds is 2.